The summed E-state index contributed by atoms with van der Waals surface area (Å²) < 4.78 is 23.6. The number of halogens is 2. The van der Waals surface area contributed by atoms with Gasteiger partial charge in [-0.15, -0.1) is 11.3 Å². The number of rotatable bonds is 1. The largest absolute Gasteiger partial charge is 0.272 e. The molecule has 1 heterocycles. The lowest BCUT2D eigenvalue weighted by Crippen LogP contribution is -1.73. The number of hydrogen-bond acceptors (Lipinski definition) is 2. The van der Waals surface area contributed by atoms with E-state index in [0.29, 0.717) is 5.56 Å². The molecular weight excluding hydrogens is 156 g/mol. The van der Waals surface area contributed by atoms with E-state index in [9.17, 15) is 8.78 Å². The van der Waals surface area contributed by atoms with E-state index in [1.165, 1.54) is 11.4 Å². The minimum atomic E-state index is -2.45. The smallest absolute Gasteiger partial charge is 0.204 e. The SMILES string of the molecule is N#Cc1csc(C(F)F)c1. The number of hydrogen-bond donors (Lipinski definition) is 0. The maximum absolute atomic E-state index is 11.8. The number of nitriles is 1. The minimum absolute atomic E-state index is 0.0449. The van der Waals surface area contributed by atoms with E-state index in [4.69, 9.17) is 5.26 Å². The molecule has 0 aliphatic heterocycles. The zero-order chi connectivity index (χ0) is 7.56. The van der Waals surface area contributed by atoms with Crippen molar-refractivity contribution in [3.63, 3.8) is 0 Å². The second kappa shape index (κ2) is 2.76. The fraction of sp³-hybridized carbons (Fsp3) is 0.167. The van der Waals surface area contributed by atoms with Crippen molar-refractivity contribution >= 4 is 11.3 Å². The Morgan fingerprint density at radius 2 is 2.30 bits per heavy atom. The van der Waals surface area contributed by atoms with Crippen LogP contribution in [-0.2, 0) is 0 Å². The van der Waals surface area contributed by atoms with Crippen LogP contribution in [0.15, 0.2) is 11.4 Å². The third-order valence-electron chi connectivity index (χ3n) is 0.964. The first-order valence-electron chi connectivity index (χ1n) is 2.50. The van der Waals surface area contributed by atoms with Crippen LogP contribution in [0.5, 0.6) is 0 Å². The highest BCUT2D eigenvalue weighted by molar-refractivity contribution is 7.10. The molecule has 0 aromatic carbocycles. The Morgan fingerprint density at radius 1 is 1.60 bits per heavy atom. The van der Waals surface area contributed by atoms with Gasteiger partial charge in [-0.05, 0) is 6.07 Å². The van der Waals surface area contributed by atoms with Gasteiger partial charge in [0.25, 0.3) is 6.43 Å². The van der Waals surface area contributed by atoms with Crippen molar-refractivity contribution in [2.75, 3.05) is 0 Å². The van der Waals surface area contributed by atoms with Gasteiger partial charge < -0.3 is 0 Å². The Labute approximate surface area is 60.5 Å². The molecule has 1 rings (SSSR count). The Morgan fingerprint density at radius 3 is 2.60 bits per heavy atom. The van der Waals surface area contributed by atoms with E-state index in [1.807, 2.05) is 0 Å². The molecule has 0 atom stereocenters. The van der Waals surface area contributed by atoms with Gasteiger partial charge in [-0.3, -0.25) is 0 Å². The van der Waals surface area contributed by atoms with E-state index < -0.39 is 6.43 Å². The Bertz CT molecular complexity index is 261. The molecule has 0 aliphatic rings. The highest BCUT2D eigenvalue weighted by atomic mass is 32.1. The molecule has 10 heavy (non-hydrogen) atoms. The Balaban J connectivity index is 2.91. The van der Waals surface area contributed by atoms with Crippen molar-refractivity contribution in [2.45, 2.75) is 6.43 Å². The fourth-order valence-electron chi connectivity index (χ4n) is 0.526. The summed E-state index contributed by atoms with van der Waals surface area (Å²) >= 11 is 0.910. The predicted octanol–water partition coefficient (Wildman–Crippen LogP) is 2.56. The van der Waals surface area contributed by atoms with Crippen LogP contribution in [0.4, 0.5) is 8.78 Å². The van der Waals surface area contributed by atoms with E-state index >= 15 is 0 Å². The van der Waals surface area contributed by atoms with Gasteiger partial charge in [0.2, 0.25) is 0 Å². The minimum Gasteiger partial charge on any atom is -0.204 e. The van der Waals surface area contributed by atoms with Gasteiger partial charge in [-0.25, -0.2) is 8.78 Å². The highest BCUT2D eigenvalue weighted by Crippen LogP contribution is 2.25. The topological polar surface area (TPSA) is 23.8 Å². The Hall–Kier alpha value is -0.950. The van der Waals surface area contributed by atoms with Crippen LogP contribution in [0.3, 0.4) is 0 Å². The molecule has 1 nitrogen and oxygen atoms in total. The van der Waals surface area contributed by atoms with Gasteiger partial charge in [0.1, 0.15) is 6.07 Å². The average molecular weight is 159 g/mol. The molecule has 0 saturated heterocycles. The molecule has 52 valence electrons. The van der Waals surface area contributed by atoms with Crippen LogP contribution < -0.4 is 0 Å². The first-order chi connectivity index (χ1) is 4.74. The van der Waals surface area contributed by atoms with Gasteiger partial charge in [-0.1, -0.05) is 0 Å². The summed E-state index contributed by atoms with van der Waals surface area (Å²) in [5, 5.41) is 9.66. The van der Waals surface area contributed by atoms with Crippen LogP contribution >= 0.6 is 11.3 Å². The molecule has 0 saturated carbocycles. The second-order valence-electron chi connectivity index (χ2n) is 1.65. The van der Waals surface area contributed by atoms with E-state index in [1.54, 1.807) is 6.07 Å². The molecule has 0 N–H and O–H groups in total. The van der Waals surface area contributed by atoms with Crippen molar-refractivity contribution in [1.82, 2.24) is 0 Å². The third-order valence-corrected chi connectivity index (χ3v) is 1.90. The van der Waals surface area contributed by atoms with Crippen molar-refractivity contribution in [3.8, 4) is 6.07 Å². The zero-order valence-corrected chi connectivity index (χ0v) is 5.66. The number of nitrogens with zero attached hydrogens (tertiary/aromatic N) is 1. The van der Waals surface area contributed by atoms with Crippen molar-refractivity contribution < 1.29 is 8.78 Å². The summed E-state index contributed by atoms with van der Waals surface area (Å²) in [5.74, 6) is 0. The predicted molar refractivity (Wildman–Crippen MR) is 34.0 cm³/mol. The summed E-state index contributed by atoms with van der Waals surface area (Å²) in [6.45, 7) is 0. The van der Waals surface area contributed by atoms with Gasteiger partial charge in [-0.2, -0.15) is 5.26 Å². The summed E-state index contributed by atoms with van der Waals surface area (Å²) in [4.78, 5) is -0.0449. The Kier molecular flexibility index (Phi) is 1.97. The van der Waals surface area contributed by atoms with Crippen LogP contribution in [-0.4, -0.2) is 0 Å². The molecule has 0 radical (unpaired) electrons. The highest BCUT2D eigenvalue weighted by Gasteiger charge is 2.08. The molecule has 0 amide bonds. The van der Waals surface area contributed by atoms with Crippen molar-refractivity contribution in [1.29, 1.82) is 5.26 Å². The molecule has 0 bridgehead atoms. The van der Waals surface area contributed by atoms with Crippen LogP contribution in [0.2, 0.25) is 0 Å². The van der Waals surface area contributed by atoms with Gasteiger partial charge in [0.05, 0.1) is 10.4 Å². The van der Waals surface area contributed by atoms with E-state index in [-0.39, 0.29) is 4.88 Å². The van der Waals surface area contributed by atoms with Crippen molar-refractivity contribution in [3.05, 3.63) is 21.9 Å². The number of thiophene rings is 1. The molecule has 0 spiro atoms. The summed E-state index contributed by atoms with van der Waals surface area (Å²) in [6, 6.07) is 2.98. The van der Waals surface area contributed by atoms with Crippen LogP contribution in [0.25, 0.3) is 0 Å². The monoisotopic (exact) mass is 159 g/mol. The first kappa shape index (κ1) is 7.16. The fourth-order valence-corrected chi connectivity index (χ4v) is 1.21. The first-order valence-corrected chi connectivity index (χ1v) is 3.38. The molecule has 0 aliphatic carbocycles. The molecule has 0 fully saturated rings. The summed E-state index contributed by atoms with van der Waals surface area (Å²) in [7, 11) is 0. The lowest BCUT2D eigenvalue weighted by atomic mass is 10.3. The molecule has 0 unspecified atom stereocenters. The lowest BCUT2D eigenvalue weighted by molar-refractivity contribution is 0.155. The van der Waals surface area contributed by atoms with Gasteiger partial charge in [0.15, 0.2) is 0 Å². The molecule has 1 aromatic rings. The van der Waals surface area contributed by atoms with E-state index in [2.05, 4.69) is 0 Å². The summed E-state index contributed by atoms with van der Waals surface area (Å²) in [6.07, 6.45) is -2.45. The number of alkyl halides is 2. The standard InChI is InChI=1S/C6H3F2NS/c7-6(8)5-1-4(2-9)3-10-5/h1,3,6H. The lowest BCUT2D eigenvalue weighted by Gasteiger charge is -1.87. The summed E-state index contributed by atoms with van der Waals surface area (Å²) in [5.41, 5.74) is 0.306. The van der Waals surface area contributed by atoms with Crippen molar-refractivity contribution in [2.24, 2.45) is 0 Å². The maximum atomic E-state index is 11.8. The average Bonchev–Trinajstić information content (AvgIpc) is 2.34. The van der Waals surface area contributed by atoms with E-state index in [0.717, 1.165) is 11.3 Å². The molecule has 4 heteroatoms. The quantitative estimate of drug-likeness (QED) is 0.617. The third kappa shape index (κ3) is 1.31. The van der Waals surface area contributed by atoms with Crippen LogP contribution in [0, 0.1) is 11.3 Å². The molecular formula is C6H3F2NS. The second-order valence-corrected chi connectivity index (χ2v) is 2.59. The zero-order valence-electron chi connectivity index (χ0n) is 4.84. The normalized spacial score (nSPS) is 9.80. The van der Waals surface area contributed by atoms with Crippen LogP contribution in [0.1, 0.15) is 16.9 Å². The van der Waals surface area contributed by atoms with Gasteiger partial charge >= 0.3 is 0 Å². The van der Waals surface area contributed by atoms with Gasteiger partial charge in [0, 0.05) is 5.38 Å². The maximum Gasteiger partial charge on any atom is 0.272 e. The molecule has 1 aromatic heterocycles.